The first-order valence-corrected chi connectivity index (χ1v) is 8.03. The zero-order valence-electron chi connectivity index (χ0n) is 12.3. The highest BCUT2D eigenvalue weighted by Gasteiger charge is 2.40. The summed E-state index contributed by atoms with van der Waals surface area (Å²) in [6.45, 7) is 6.69. The van der Waals surface area contributed by atoms with Crippen molar-refractivity contribution in [2.45, 2.75) is 32.2 Å². The first-order valence-electron chi connectivity index (χ1n) is 7.24. The van der Waals surface area contributed by atoms with Gasteiger partial charge in [0.2, 0.25) is 0 Å². The fourth-order valence-electron chi connectivity index (χ4n) is 3.03. The van der Waals surface area contributed by atoms with Crippen LogP contribution in [0.5, 0.6) is 0 Å². The first kappa shape index (κ1) is 14.7. The Hall–Kier alpha value is -1.20. The SMILES string of the molecule is CCn1nc(C)c(Br)c1CC1(c2cccc(F)c2)CNC1. The van der Waals surface area contributed by atoms with Crippen LogP contribution in [-0.2, 0) is 18.4 Å². The number of hydrogen-bond acceptors (Lipinski definition) is 2. The van der Waals surface area contributed by atoms with Gasteiger partial charge in [-0.1, -0.05) is 12.1 Å². The van der Waals surface area contributed by atoms with Crippen molar-refractivity contribution < 1.29 is 4.39 Å². The van der Waals surface area contributed by atoms with Gasteiger partial charge in [0.25, 0.3) is 0 Å². The topological polar surface area (TPSA) is 29.9 Å². The summed E-state index contributed by atoms with van der Waals surface area (Å²) in [6.07, 6.45) is 0.860. The molecule has 3 rings (SSSR count). The van der Waals surface area contributed by atoms with Gasteiger partial charge in [-0.2, -0.15) is 5.10 Å². The van der Waals surface area contributed by atoms with Gasteiger partial charge < -0.3 is 5.32 Å². The molecule has 0 radical (unpaired) electrons. The number of hydrogen-bond donors (Lipinski definition) is 1. The maximum absolute atomic E-state index is 13.6. The third-order valence-electron chi connectivity index (χ3n) is 4.32. The van der Waals surface area contributed by atoms with E-state index in [0.29, 0.717) is 0 Å². The molecule has 1 N–H and O–H groups in total. The lowest BCUT2D eigenvalue weighted by Gasteiger charge is -2.43. The van der Waals surface area contributed by atoms with Crippen LogP contribution in [-0.4, -0.2) is 22.9 Å². The zero-order valence-corrected chi connectivity index (χ0v) is 13.9. The third-order valence-corrected chi connectivity index (χ3v) is 5.35. The quantitative estimate of drug-likeness (QED) is 0.916. The second-order valence-electron chi connectivity index (χ2n) is 5.73. The van der Waals surface area contributed by atoms with Gasteiger partial charge in [0, 0.05) is 31.5 Å². The van der Waals surface area contributed by atoms with Crippen molar-refractivity contribution in [2.75, 3.05) is 13.1 Å². The molecule has 1 saturated heterocycles. The van der Waals surface area contributed by atoms with Crippen LogP contribution in [0, 0.1) is 12.7 Å². The smallest absolute Gasteiger partial charge is 0.123 e. The first-order chi connectivity index (χ1) is 10.1. The number of halogens is 2. The van der Waals surface area contributed by atoms with Crippen LogP contribution in [0.25, 0.3) is 0 Å². The van der Waals surface area contributed by atoms with E-state index in [9.17, 15) is 4.39 Å². The minimum atomic E-state index is -0.168. The molecule has 0 aliphatic carbocycles. The van der Waals surface area contributed by atoms with E-state index < -0.39 is 0 Å². The highest BCUT2D eigenvalue weighted by Crippen LogP contribution is 2.35. The van der Waals surface area contributed by atoms with Crippen molar-refractivity contribution in [1.82, 2.24) is 15.1 Å². The Morgan fingerprint density at radius 2 is 2.19 bits per heavy atom. The molecule has 1 aromatic carbocycles. The predicted octanol–water partition coefficient (Wildman–Crippen LogP) is 3.20. The molecule has 1 fully saturated rings. The highest BCUT2D eigenvalue weighted by atomic mass is 79.9. The van der Waals surface area contributed by atoms with Crippen LogP contribution in [0.2, 0.25) is 0 Å². The number of aromatic nitrogens is 2. The lowest BCUT2D eigenvalue weighted by Crippen LogP contribution is -2.58. The van der Waals surface area contributed by atoms with Crippen molar-refractivity contribution in [2.24, 2.45) is 0 Å². The molecule has 1 aliphatic rings. The molecule has 2 aromatic rings. The summed E-state index contributed by atoms with van der Waals surface area (Å²) in [5.74, 6) is -0.168. The Morgan fingerprint density at radius 3 is 2.76 bits per heavy atom. The molecule has 1 aliphatic heterocycles. The van der Waals surface area contributed by atoms with E-state index >= 15 is 0 Å². The Kier molecular flexibility index (Phi) is 3.88. The molecule has 0 saturated carbocycles. The Labute approximate surface area is 132 Å². The number of nitrogens with zero attached hydrogens (tertiary/aromatic N) is 2. The average Bonchev–Trinajstić information content (AvgIpc) is 2.69. The maximum Gasteiger partial charge on any atom is 0.123 e. The van der Waals surface area contributed by atoms with Crippen LogP contribution in [0.15, 0.2) is 28.7 Å². The third kappa shape index (κ3) is 2.53. The normalized spacial score (nSPS) is 16.8. The summed E-state index contributed by atoms with van der Waals surface area (Å²) in [5, 5.41) is 7.89. The van der Waals surface area contributed by atoms with Gasteiger partial charge in [-0.3, -0.25) is 4.68 Å². The van der Waals surface area contributed by atoms with E-state index in [1.54, 1.807) is 12.1 Å². The summed E-state index contributed by atoms with van der Waals surface area (Å²) in [6, 6.07) is 6.98. The van der Waals surface area contributed by atoms with Crippen LogP contribution in [0.3, 0.4) is 0 Å². The van der Waals surface area contributed by atoms with Crippen molar-refractivity contribution in [3.8, 4) is 0 Å². The molecular weight excluding hydrogens is 333 g/mol. The summed E-state index contributed by atoms with van der Waals surface area (Å²) in [7, 11) is 0. The van der Waals surface area contributed by atoms with Crippen molar-refractivity contribution in [1.29, 1.82) is 0 Å². The average molecular weight is 352 g/mol. The van der Waals surface area contributed by atoms with E-state index in [4.69, 9.17) is 0 Å². The highest BCUT2D eigenvalue weighted by molar-refractivity contribution is 9.10. The van der Waals surface area contributed by atoms with Gasteiger partial charge in [0.15, 0.2) is 0 Å². The Bertz CT molecular complexity index is 662. The monoisotopic (exact) mass is 351 g/mol. The predicted molar refractivity (Wildman–Crippen MR) is 85.0 cm³/mol. The molecule has 5 heteroatoms. The van der Waals surface area contributed by atoms with Gasteiger partial charge in [-0.05, 0) is 47.5 Å². The molecule has 0 unspecified atom stereocenters. The molecular formula is C16H19BrFN3. The number of nitrogens with one attached hydrogen (secondary N) is 1. The van der Waals surface area contributed by atoms with Gasteiger partial charge in [-0.25, -0.2) is 4.39 Å². The zero-order chi connectivity index (χ0) is 15.0. The summed E-state index contributed by atoms with van der Waals surface area (Å²) >= 11 is 3.66. The van der Waals surface area contributed by atoms with E-state index in [1.807, 2.05) is 17.7 Å². The van der Waals surface area contributed by atoms with Crippen molar-refractivity contribution in [3.05, 3.63) is 51.5 Å². The molecule has 1 aromatic heterocycles. The van der Waals surface area contributed by atoms with Crippen LogP contribution < -0.4 is 5.32 Å². The molecule has 0 spiro atoms. The second kappa shape index (κ2) is 5.54. The number of aryl methyl sites for hydroxylation is 2. The molecule has 112 valence electrons. The van der Waals surface area contributed by atoms with Crippen LogP contribution in [0.1, 0.15) is 23.9 Å². The van der Waals surface area contributed by atoms with E-state index in [2.05, 4.69) is 33.3 Å². The second-order valence-corrected chi connectivity index (χ2v) is 6.53. The van der Waals surface area contributed by atoms with E-state index in [-0.39, 0.29) is 11.2 Å². The Balaban J connectivity index is 1.99. The summed E-state index contributed by atoms with van der Waals surface area (Å²) in [4.78, 5) is 0. The molecule has 21 heavy (non-hydrogen) atoms. The molecule has 0 bridgehead atoms. The van der Waals surface area contributed by atoms with Gasteiger partial charge in [0.05, 0.1) is 15.9 Å². The van der Waals surface area contributed by atoms with Crippen molar-refractivity contribution >= 4 is 15.9 Å². The largest absolute Gasteiger partial charge is 0.315 e. The number of benzene rings is 1. The Morgan fingerprint density at radius 1 is 1.43 bits per heavy atom. The fraction of sp³-hybridized carbons (Fsp3) is 0.438. The van der Waals surface area contributed by atoms with Crippen molar-refractivity contribution in [3.63, 3.8) is 0 Å². The maximum atomic E-state index is 13.6. The molecule has 3 nitrogen and oxygen atoms in total. The van der Waals surface area contributed by atoms with E-state index in [1.165, 1.54) is 11.8 Å². The van der Waals surface area contributed by atoms with Crippen LogP contribution >= 0.6 is 15.9 Å². The molecule has 2 heterocycles. The van der Waals surface area contributed by atoms with Gasteiger partial charge in [-0.15, -0.1) is 0 Å². The number of rotatable bonds is 4. The van der Waals surface area contributed by atoms with Crippen LogP contribution in [0.4, 0.5) is 4.39 Å². The van der Waals surface area contributed by atoms with Gasteiger partial charge >= 0.3 is 0 Å². The van der Waals surface area contributed by atoms with E-state index in [0.717, 1.165) is 41.8 Å². The lowest BCUT2D eigenvalue weighted by atomic mass is 9.72. The van der Waals surface area contributed by atoms with Gasteiger partial charge in [0.1, 0.15) is 5.82 Å². The standard InChI is InChI=1S/C16H19BrFN3/c1-3-21-14(15(17)11(2)20-21)8-16(9-19-10-16)12-5-4-6-13(18)7-12/h4-7,19H,3,8-10H2,1-2H3. The minimum Gasteiger partial charge on any atom is -0.315 e. The summed E-state index contributed by atoms with van der Waals surface area (Å²) in [5.41, 5.74) is 3.23. The summed E-state index contributed by atoms with van der Waals surface area (Å²) < 4.78 is 16.7. The molecule has 0 atom stereocenters. The molecule has 0 amide bonds. The minimum absolute atomic E-state index is 0.0377. The fourth-order valence-corrected chi connectivity index (χ4v) is 3.46. The lowest BCUT2D eigenvalue weighted by molar-refractivity contribution is 0.267.